The van der Waals surface area contributed by atoms with Crippen LogP contribution in [0, 0.1) is 0 Å². The summed E-state index contributed by atoms with van der Waals surface area (Å²) in [5.41, 5.74) is 4.29. The van der Waals surface area contributed by atoms with Gasteiger partial charge in [0.15, 0.2) is 10.8 Å². The third-order valence-corrected chi connectivity index (χ3v) is 5.39. The van der Waals surface area contributed by atoms with E-state index < -0.39 is 0 Å². The number of H-pyrrole nitrogens is 1. The van der Waals surface area contributed by atoms with Crippen LogP contribution in [0.25, 0.3) is 33.5 Å². The van der Waals surface area contributed by atoms with E-state index in [1.165, 1.54) is 24.9 Å². The molecule has 0 unspecified atom stereocenters. The number of nitrogens with one attached hydrogen (secondary N) is 1. The highest BCUT2D eigenvalue weighted by atomic mass is 35.5. The number of carbonyl (C=O) groups excluding carboxylic acids is 1. The van der Waals surface area contributed by atoms with Gasteiger partial charge in [-0.2, -0.15) is 0 Å². The number of halogens is 1. The molecule has 3 aromatic heterocycles. The largest absolute Gasteiger partial charge is 0.506 e. The minimum atomic E-state index is 0.0810. The van der Waals surface area contributed by atoms with Crippen molar-refractivity contribution in [2.24, 2.45) is 0 Å². The molecule has 0 bridgehead atoms. The highest BCUT2D eigenvalue weighted by Crippen LogP contribution is 2.33. The average molecular weight is 411 g/mol. The molecular formula is C20H15ClN4O2S. The van der Waals surface area contributed by atoms with Gasteiger partial charge >= 0.3 is 0 Å². The molecule has 4 rings (SSSR count). The number of Topliss-reactive ketones (excluding diaryl/α,β-unsaturated/α-hetero) is 1. The average Bonchev–Trinajstić information content (AvgIpc) is 3.08. The number of hydrogen-bond acceptors (Lipinski definition) is 6. The van der Waals surface area contributed by atoms with Gasteiger partial charge in [-0.05, 0) is 24.6 Å². The van der Waals surface area contributed by atoms with Crippen LogP contribution in [0.2, 0.25) is 5.02 Å². The number of aromatic amines is 1. The van der Waals surface area contributed by atoms with Gasteiger partial charge in [0.25, 0.3) is 0 Å². The number of ketones is 1. The van der Waals surface area contributed by atoms with Gasteiger partial charge in [0.2, 0.25) is 0 Å². The molecule has 0 aliphatic rings. The molecule has 0 amide bonds. The molecule has 1 aromatic carbocycles. The van der Waals surface area contributed by atoms with Crippen LogP contribution in [0.5, 0.6) is 5.75 Å². The molecule has 0 radical (unpaired) electrons. The number of benzene rings is 1. The lowest BCUT2D eigenvalue weighted by molar-refractivity contribution is -0.114. The Labute approximate surface area is 170 Å². The summed E-state index contributed by atoms with van der Waals surface area (Å²) in [5.74, 6) is 0.557. The molecule has 2 N–H and O–H groups in total. The number of thioether (sulfide) groups is 1. The summed E-state index contributed by atoms with van der Waals surface area (Å²) in [7, 11) is 0. The van der Waals surface area contributed by atoms with Gasteiger partial charge in [-0.1, -0.05) is 47.6 Å². The zero-order valence-corrected chi connectivity index (χ0v) is 16.4. The fourth-order valence-electron chi connectivity index (χ4n) is 2.77. The van der Waals surface area contributed by atoms with Crippen LogP contribution < -0.4 is 0 Å². The first-order valence-electron chi connectivity index (χ1n) is 8.43. The molecule has 3 heterocycles. The third-order valence-electron chi connectivity index (χ3n) is 4.09. The molecule has 140 valence electrons. The number of aromatic hydroxyl groups is 1. The Bertz CT molecular complexity index is 1170. The number of fused-ring (bicyclic) bond motifs is 1. The Hall–Kier alpha value is -2.90. The maximum Gasteiger partial charge on any atom is 0.179 e. The number of rotatable bonds is 5. The Morgan fingerprint density at radius 1 is 1.18 bits per heavy atom. The van der Waals surface area contributed by atoms with E-state index in [9.17, 15) is 9.90 Å². The summed E-state index contributed by atoms with van der Waals surface area (Å²) in [6.07, 6.45) is 3.05. The first-order valence-corrected chi connectivity index (χ1v) is 9.80. The molecule has 6 nitrogen and oxygen atoms in total. The maximum absolute atomic E-state index is 11.2. The van der Waals surface area contributed by atoms with E-state index in [-0.39, 0.29) is 11.5 Å². The summed E-state index contributed by atoms with van der Waals surface area (Å²) >= 11 is 7.77. The van der Waals surface area contributed by atoms with Crippen LogP contribution >= 0.6 is 23.4 Å². The second-order valence-electron chi connectivity index (χ2n) is 6.19. The van der Waals surface area contributed by atoms with Gasteiger partial charge < -0.3 is 10.1 Å². The molecule has 0 saturated heterocycles. The fourth-order valence-corrected chi connectivity index (χ4v) is 3.71. The highest BCUT2D eigenvalue weighted by molar-refractivity contribution is 7.99. The lowest BCUT2D eigenvalue weighted by Gasteiger charge is -2.07. The van der Waals surface area contributed by atoms with E-state index in [0.29, 0.717) is 32.8 Å². The molecule has 0 spiro atoms. The summed E-state index contributed by atoms with van der Waals surface area (Å²) in [6.45, 7) is 1.54. The number of pyridine rings is 2. The van der Waals surface area contributed by atoms with E-state index in [1.807, 2.05) is 24.3 Å². The van der Waals surface area contributed by atoms with E-state index in [0.717, 1.165) is 16.6 Å². The number of carbonyl (C=O) groups is 1. The van der Waals surface area contributed by atoms with Crippen molar-refractivity contribution in [3.05, 3.63) is 53.8 Å². The standard InChI is InChI=1S/C20H15ClN4O2S/c1-11(26)10-28-20-23-16-8-15(21)18(24-19(16)25-20)13-4-2-12(3-5-13)14-6-7-22-9-17(14)27/h2-9,27H,10H2,1H3,(H,23,24,25). The van der Waals surface area contributed by atoms with Gasteiger partial charge in [-0.15, -0.1) is 0 Å². The van der Waals surface area contributed by atoms with Crippen LogP contribution in [0.15, 0.2) is 53.9 Å². The van der Waals surface area contributed by atoms with Crippen LogP contribution in [-0.4, -0.2) is 36.6 Å². The van der Waals surface area contributed by atoms with Gasteiger partial charge in [0.1, 0.15) is 11.5 Å². The fraction of sp³-hybridized carbons (Fsp3) is 0.100. The summed E-state index contributed by atoms with van der Waals surface area (Å²) < 4.78 is 0. The Balaban J connectivity index is 1.67. The zero-order valence-electron chi connectivity index (χ0n) is 14.8. The van der Waals surface area contributed by atoms with E-state index in [1.54, 1.807) is 18.3 Å². The topological polar surface area (TPSA) is 91.8 Å². The number of imidazole rings is 1. The van der Waals surface area contributed by atoms with Crippen molar-refractivity contribution >= 4 is 40.3 Å². The lowest BCUT2D eigenvalue weighted by Crippen LogP contribution is -1.93. The van der Waals surface area contributed by atoms with Crippen molar-refractivity contribution in [3.63, 3.8) is 0 Å². The lowest BCUT2D eigenvalue weighted by atomic mass is 10.0. The quantitative estimate of drug-likeness (QED) is 0.462. The highest BCUT2D eigenvalue weighted by Gasteiger charge is 2.13. The van der Waals surface area contributed by atoms with Crippen molar-refractivity contribution in [3.8, 4) is 28.1 Å². The predicted molar refractivity (Wildman–Crippen MR) is 111 cm³/mol. The molecule has 0 aliphatic heterocycles. The van der Waals surface area contributed by atoms with Crippen LogP contribution in [0.3, 0.4) is 0 Å². The van der Waals surface area contributed by atoms with Crippen molar-refractivity contribution in [1.29, 1.82) is 0 Å². The Morgan fingerprint density at radius 3 is 2.64 bits per heavy atom. The van der Waals surface area contributed by atoms with E-state index >= 15 is 0 Å². The first-order chi connectivity index (χ1) is 13.5. The molecule has 0 saturated carbocycles. The Morgan fingerprint density at radius 2 is 1.93 bits per heavy atom. The predicted octanol–water partition coefficient (Wildman–Crippen LogP) is 4.73. The molecule has 8 heteroatoms. The summed E-state index contributed by atoms with van der Waals surface area (Å²) in [6, 6.07) is 11.1. The SMILES string of the molecule is CC(=O)CSc1nc2nc(-c3ccc(-c4ccncc4O)cc3)c(Cl)cc2[nH]1. The van der Waals surface area contributed by atoms with Crippen molar-refractivity contribution in [1.82, 2.24) is 19.9 Å². The minimum Gasteiger partial charge on any atom is -0.506 e. The number of hydrogen-bond donors (Lipinski definition) is 2. The van der Waals surface area contributed by atoms with E-state index in [2.05, 4.69) is 19.9 Å². The van der Waals surface area contributed by atoms with Gasteiger partial charge in [-0.25, -0.2) is 9.97 Å². The molecule has 4 aromatic rings. The van der Waals surface area contributed by atoms with Crippen LogP contribution in [-0.2, 0) is 4.79 Å². The second-order valence-corrected chi connectivity index (χ2v) is 7.56. The number of nitrogens with zero attached hydrogens (tertiary/aromatic N) is 3. The van der Waals surface area contributed by atoms with Crippen molar-refractivity contribution in [2.75, 3.05) is 5.75 Å². The van der Waals surface area contributed by atoms with Gasteiger partial charge in [0, 0.05) is 17.3 Å². The molecule has 28 heavy (non-hydrogen) atoms. The van der Waals surface area contributed by atoms with Gasteiger partial charge in [-0.3, -0.25) is 9.78 Å². The smallest absolute Gasteiger partial charge is 0.179 e. The van der Waals surface area contributed by atoms with E-state index in [4.69, 9.17) is 11.6 Å². The maximum atomic E-state index is 11.2. The summed E-state index contributed by atoms with van der Waals surface area (Å²) in [4.78, 5) is 27.2. The van der Waals surface area contributed by atoms with Crippen molar-refractivity contribution < 1.29 is 9.90 Å². The normalized spacial score (nSPS) is 11.1. The zero-order chi connectivity index (χ0) is 19.7. The summed E-state index contributed by atoms with van der Waals surface area (Å²) in [5, 5.41) is 11.1. The third kappa shape index (κ3) is 3.72. The molecule has 0 fully saturated rings. The molecule has 0 aliphatic carbocycles. The monoisotopic (exact) mass is 410 g/mol. The van der Waals surface area contributed by atoms with Crippen LogP contribution in [0.4, 0.5) is 0 Å². The first kappa shape index (κ1) is 18.5. The van der Waals surface area contributed by atoms with Crippen LogP contribution in [0.1, 0.15) is 6.92 Å². The second kappa shape index (κ2) is 7.61. The van der Waals surface area contributed by atoms with Gasteiger partial charge in [0.05, 0.1) is 28.2 Å². The molecular weight excluding hydrogens is 396 g/mol. The Kier molecular flexibility index (Phi) is 5.02. The number of aromatic nitrogens is 4. The van der Waals surface area contributed by atoms with Crippen molar-refractivity contribution in [2.45, 2.75) is 12.1 Å². The molecule has 0 atom stereocenters. The minimum absolute atomic E-state index is 0.0810.